The van der Waals surface area contributed by atoms with E-state index in [0.29, 0.717) is 6.54 Å². The fourth-order valence-electron chi connectivity index (χ4n) is 2.45. The van der Waals surface area contributed by atoms with Gasteiger partial charge in [-0.05, 0) is 30.0 Å². The zero-order valence-corrected chi connectivity index (χ0v) is 9.29. The Hall–Kier alpha value is -1.61. The van der Waals surface area contributed by atoms with Crippen LogP contribution in [0.25, 0.3) is 16.7 Å². The normalized spacial score (nSPS) is 17.2. The average molecular weight is 214 g/mol. The largest absolute Gasteiger partial charge is 0.440 e. The first-order valence-electron chi connectivity index (χ1n) is 5.58. The molecule has 1 aliphatic carbocycles. The summed E-state index contributed by atoms with van der Waals surface area (Å²) in [5.74, 6) is 0.724. The highest BCUT2D eigenvalue weighted by Crippen LogP contribution is 2.37. The fourth-order valence-corrected chi connectivity index (χ4v) is 2.45. The van der Waals surface area contributed by atoms with E-state index in [1.807, 2.05) is 13.0 Å². The van der Waals surface area contributed by atoms with Gasteiger partial charge in [-0.15, -0.1) is 0 Å². The Morgan fingerprint density at radius 2 is 2.31 bits per heavy atom. The van der Waals surface area contributed by atoms with Gasteiger partial charge in [0.2, 0.25) is 0 Å². The van der Waals surface area contributed by atoms with Crippen LogP contribution >= 0.6 is 0 Å². The molecular formula is C13H14N2O. The molecule has 0 unspecified atom stereocenters. The van der Waals surface area contributed by atoms with Crippen LogP contribution in [-0.4, -0.2) is 11.5 Å². The molecule has 16 heavy (non-hydrogen) atoms. The van der Waals surface area contributed by atoms with Crippen LogP contribution in [0.5, 0.6) is 0 Å². The smallest absolute Gasteiger partial charge is 0.192 e. The van der Waals surface area contributed by atoms with Gasteiger partial charge in [-0.3, -0.25) is 0 Å². The molecule has 0 bridgehead atoms. The topological polar surface area (TPSA) is 52.0 Å². The molecular weight excluding hydrogens is 200 g/mol. The number of nitrogens with two attached hydrogens (primary N) is 1. The number of oxazole rings is 1. The van der Waals surface area contributed by atoms with Crippen molar-refractivity contribution >= 4 is 16.7 Å². The Kier molecular flexibility index (Phi) is 2.07. The van der Waals surface area contributed by atoms with Crippen LogP contribution in [0.3, 0.4) is 0 Å². The number of aromatic nitrogens is 1. The molecule has 1 aromatic carbocycles. The van der Waals surface area contributed by atoms with Crippen molar-refractivity contribution in [3.8, 4) is 0 Å². The maximum Gasteiger partial charge on any atom is 0.192 e. The van der Waals surface area contributed by atoms with Gasteiger partial charge in [0.05, 0.1) is 0 Å². The van der Waals surface area contributed by atoms with Crippen molar-refractivity contribution in [1.29, 1.82) is 0 Å². The third-order valence-electron chi connectivity index (χ3n) is 3.10. The molecule has 3 nitrogen and oxygen atoms in total. The predicted molar refractivity (Wildman–Crippen MR) is 64.1 cm³/mol. The molecule has 0 spiro atoms. The van der Waals surface area contributed by atoms with Crippen molar-refractivity contribution in [2.75, 3.05) is 6.54 Å². The van der Waals surface area contributed by atoms with Crippen LogP contribution in [0.15, 0.2) is 22.6 Å². The Morgan fingerprint density at radius 1 is 1.44 bits per heavy atom. The minimum absolute atomic E-state index is 0.582. The van der Waals surface area contributed by atoms with Gasteiger partial charge >= 0.3 is 0 Å². The summed E-state index contributed by atoms with van der Waals surface area (Å²) in [6, 6.07) is 4.19. The van der Waals surface area contributed by atoms with Crippen LogP contribution in [0, 0.1) is 6.92 Å². The van der Waals surface area contributed by atoms with Crippen LogP contribution in [0.2, 0.25) is 0 Å². The zero-order chi connectivity index (χ0) is 11.1. The molecule has 3 heteroatoms. The Balaban J connectivity index is 2.32. The molecule has 2 aromatic rings. The first kappa shape index (κ1) is 9.60. The standard InChI is InChI=1S/C13H14N2O/c1-8-15-11-5-4-9-2-3-10(6-7-14)12(9)13(11)16-8/h4-6H,2-3,7,14H2,1H3/b10-6+. The van der Waals surface area contributed by atoms with Crippen LogP contribution in [0.4, 0.5) is 0 Å². The molecule has 1 heterocycles. The van der Waals surface area contributed by atoms with Gasteiger partial charge in [0.25, 0.3) is 0 Å². The molecule has 0 fully saturated rings. The quantitative estimate of drug-likeness (QED) is 0.793. The maximum atomic E-state index is 5.69. The molecule has 0 amide bonds. The minimum Gasteiger partial charge on any atom is -0.440 e. The van der Waals surface area contributed by atoms with Crippen molar-refractivity contribution in [3.63, 3.8) is 0 Å². The lowest BCUT2D eigenvalue weighted by Gasteiger charge is -2.00. The van der Waals surface area contributed by atoms with Crippen molar-refractivity contribution in [3.05, 3.63) is 35.2 Å². The molecule has 82 valence electrons. The Bertz CT molecular complexity index is 581. The molecule has 0 aliphatic heterocycles. The molecule has 1 aliphatic rings. The summed E-state index contributed by atoms with van der Waals surface area (Å²) >= 11 is 0. The van der Waals surface area contributed by atoms with Crippen molar-refractivity contribution in [2.24, 2.45) is 5.73 Å². The van der Waals surface area contributed by atoms with E-state index in [-0.39, 0.29) is 0 Å². The monoisotopic (exact) mass is 214 g/mol. The lowest BCUT2D eigenvalue weighted by Crippen LogP contribution is -1.94. The number of nitrogens with zero attached hydrogens (tertiary/aromatic N) is 1. The lowest BCUT2D eigenvalue weighted by atomic mass is 10.1. The van der Waals surface area contributed by atoms with Crippen LogP contribution < -0.4 is 5.73 Å². The summed E-state index contributed by atoms with van der Waals surface area (Å²) in [4.78, 5) is 4.36. The summed E-state index contributed by atoms with van der Waals surface area (Å²) in [7, 11) is 0. The average Bonchev–Trinajstić information content (AvgIpc) is 2.81. The van der Waals surface area contributed by atoms with Gasteiger partial charge in [0.1, 0.15) is 5.52 Å². The number of benzene rings is 1. The number of hydrogen-bond donors (Lipinski definition) is 1. The Morgan fingerprint density at radius 3 is 3.12 bits per heavy atom. The minimum atomic E-state index is 0.582. The van der Waals surface area contributed by atoms with Gasteiger partial charge in [-0.1, -0.05) is 12.1 Å². The fraction of sp³-hybridized carbons (Fsp3) is 0.308. The van der Waals surface area contributed by atoms with E-state index >= 15 is 0 Å². The van der Waals surface area contributed by atoms with Crippen LogP contribution in [0.1, 0.15) is 23.4 Å². The van der Waals surface area contributed by atoms with E-state index in [1.165, 1.54) is 16.7 Å². The second kappa shape index (κ2) is 3.46. The zero-order valence-electron chi connectivity index (χ0n) is 9.29. The van der Waals surface area contributed by atoms with Gasteiger partial charge in [0, 0.05) is 19.0 Å². The highest BCUT2D eigenvalue weighted by Gasteiger charge is 2.21. The molecule has 3 rings (SSSR count). The number of rotatable bonds is 1. The second-order valence-electron chi connectivity index (χ2n) is 4.15. The van der Waals surface area contributed by atoms with Crippen molar-refractivity contribution in [2.45, 2.75) is 19.8 Å². The van der Waals surface area contributed by atoms with Crippen molar-refractivity contribution in [1.82, 2.24) is 4.98 Å². The summed E-state index contributed by atoms with van der Waals surface area (Å²) in [5.41, 5.74) is 11.3. The second-order valence-corrected chi connectivity index (χ2v) is 4.15. The summed E-state index contributed by atoms with van der Waals surface area (Å²) in [6.07, 6.45) is 4.23. The third-order valence-corrected chi connectivity index (χ3v) is 3.10. The van der Waals surface area contributed by atoms with Gasteiger partial charge < -0.3 is 10.2 Å². The SMILES string of the molecule is Cc1nc2ccc3c(c2o1)/C(=C/CN)CC3. The highest BCUT2D eigenvalue weighted by molar-refractivity contribution is 5.91. The first-order valence-corrected chi connectivity index (χ1v) is 5.58. The predicted octanol–water partition coefficient (Wildman–Crippen LogP) is 2.42. The number of fused-ring (bicyclic) bond motifs is 3. The maximum absolute atomic E-state index is 5.69. The first-order chi connectivity index (χ1) is 7.79. The third kappa shape index (κ3) is 1.28. The molecule has 0 saturated carbocycles. The van der Waals surface area contributed by atoms with E-state index in [0.717, 1.165) is 29.8 Å². The van der Waals surface area contributed by atoms with Gasteiger partial charge in [-0.25, -0.2) is 4.98 Å². The van der Waals surface area contributed by atoms with E-state index in [4.69, 9.17) is 10.2 Å². The molecule has 2 N–H and O–H groups in total. The number of hydrogen-bond acceptors (Lipinski definition) is 3. The van der Waals surface area contributed by atoms with E-state index in [1.54, 1.807) is 0 Å². The highest BCUT2D eigenvalue weighted by atomic mass is 16.3. The molecule has 0 radical (unpaired) electrons. The lowest BCUT2D eigenvalue weighted by molar-refractivity contribution is 0.560. The van der Waals surface area contributed by atoms with E-state index in [2.05, 4.69) is 17.1 Å². The molecule has 0 atom stereocenters. The van der Waals surface area contributed by atoms with E-state index < -0.39 is 0 Å². The summed E-state index contributed by atoms with van der Waals surface area (Å²) in [6.45, 7) is 2.46. The summed E-state index contributed by atoms with van der Waals surface area (Å²) < 4.78 is 5.69. The number of aryl methyl sites for hydroxylation is 2. The molecule has 0 saturated heterocycles. The molecule has 1 aromatic heterocycles. The Labute approximate surface area is 94.0 Å². The number of allylic oxidation sites excluding steroid dienone is 1. The van der Waals surface area contributed by atoms with E-state index in [9.17, 15) is 0 Å². The van der Waals surface area contributed by atoms with Crippen LogP contribution in [-0.2, 0) is 6.42 Å². The van der Waals surface area contributed by atoms with Gasteiger partial charge in [0.15, 0.2) is 11.5 Å². The van der Waals surface area contributed by atoms with Gasteiger partial charge in [-0.2, -0.15) is 0 Å². The summed E-state index contributed by atoms with van der Waals surface area (Å²) in [5, 5.41) is 0. The van der Waals surface area contributed by atoms with Crippen molar-refractivity contribution < 1.29 is 4.42 Å².